The van der Waals surface area contributed by atoms with E-state index < -0.39 is 12.0 Å². The standard InChI is InChI=1S/C13H20N2O4/c1-8(2)11(13(16)17)15-7-9-12(19-4)10(18-3)5-6-14-9/h5-6,8,11,15H,7H2,1-4H3,(H,16,17). The monoisotopic (exact) mass is 268 g/mol. The molecule has 6 nitrogen and oxygen atoms in total. The number of ether oxygens (including phenoxy) is 2. The summed E-state index contributed by atoms with van der Waals surface area (Å²) in [5.74, 6) is 0.196. The molecule has 0 radical (unpaired) electrons. The molecule has 6 heteroatoms. The number of nitrogens with one attached hydrogen (secondary N) is 1. The molecule has 1 rings (SSSR count). The van der Waals surface area contributed by atoms with Crippen LogP contribution in [0.5, 0.6) is 11.5 Å². The predicted octanol–water partition coefficient (Wildman–Crippen LogP) is 1.30. The van der Waals surface area contributed by atoms with Gasteiger partial charge in [-0.1, -0.05) is 13.8 Å². The van der Waals surface area contributed by atoms with Gasteiger partial charge in [0.05, 0.1) is 19.9 Å². The fourth-order valence-electron chi connectivity index (χ4n) is 1.79. The number of carboxylic acid groups (broad SMARTS) is 1. The molecule has 1 unspecified atom stereocenters. The highest BCUT2D eigenvalue weighted by molar-refractivity contribution is 5.73. The number of aliphatic carboxylic acids is 1. The van der Waals surface area contributed by atoms with Gasteiger partial charge in [-0.05, 0) is 5.92 Å². The molecular formula is C13H20N2O4. The molecule has 19 heavy (non-hydrogen) atoms. The quantitative estimate of drug-likeness (QED) is 0.775. The minimum absolute atomic E-state index is 0.0193. The summed E-state index contributed by atoms with van der Waals surface area (Å²) in [5.41, 5.74) is 0.619. The highest BCUT2D eigenvalue weighted by atomic mass is 16.5. The van der Waals surface area contributed by atoms with Crippen molar-refractivity contribution < 1.29 is 19.4 Å². The van der Waals surface area contributed by atoms with Gasteiger partial charge >= 0.3 is 5.97 Å². The fraction of sp³-hybridized carbons (Fsp3) is 0.538. The van der Waals surface area contributed by atoms with Gasteiger partial charge in [0.1, 0.15) is 6.04 Å². The Kier molecular flexibility index (Phi) is 5.57. The number of pyridine rings is 1. The minimum Gasteiger partial charge on any atom is -0.493 e. The van der Waals surface area contributed by atoms with E-state index in [1.54, 1.807) is 19.4 Å². The van der Waals surface area contributed by atoms with Crippen LogP contribution in [-0.4, -0.2) is 36.3 Å². The summed E-state index contributed by atoms with van der Waals surface area (Å²) < 4.78 is 10.4. The van der Waals surface area contributed by atoms with Crippen LogP contribution in [-0.2, 0) is 11.3 Å². The molecule has 1 atom stereocenters. The lowest BCUT2D eigenvalue weighted by Crippen LogP contribution is -2.40. The van der Waals surface area contributed by atoms with Crippen molar-refractivity contribution >= 4 is 5.97 Å². The van der Waals surface area contributed by atoms with Crippen LogP contribution < -0.4 is 14.8 Å². The summed E-state index contributed by atoms with van der Waals surface area (Å²) >= 11 is 0. The number of hydrogen-bond donors (Lipinski definition) is 2. The van der Waals surface area contributed by atoms with Gasteiger partial charge in [0.15, 0.2) is 11.5 Å². The van der Waals surface area contributed by atoms with Crippen molar-refractivity contribution in [2.24, 2.45) is 5.92 Å². The molecule has 2 N–H and O–H groups in total. The van der Waals surface area contributed by atoms with Crippen LogP contribution in [0.25, 0.3) is 0 Å². The Labute approximate surface area is 112 Å². The van der Waals surface area contributed by atoms with Crippen molar-refractivity contribution in [3.05, 3.63) is 18.0 Å². The second-order valence-electron chi connectivity index (χ2n) is 4.43. The minimum atomic E-state index is -0.878. The summed E-state index contributed by atoms with van der Waals surface area (Å²) in [6, 6.07) is 1.07. The van der Waals surface area contributed by atoms with Gasteiger partial charge in [-0.15, -0.1) is 0 Å². The maximum Gasteiger partial charge on any atom is 0.320 e. The molecule has 1 aromatic rings. The lowest BCUT2D eigenvalue weighted by molar-refractivity contribution is -0.140. The van der Waals surface area contributed by atoms with E-state index in [9.17, 15) is 4.79 Å². The van der Waals surface area contributed by atoms with Crippen LogP contribution in [0.15, 0.2) is 12.3 Å². The Hall–Kier alpha value is -1.82. The Morgan fingerprint density at radius 3 is 2.58 bits per heavy atom. The van der Waals surface area contributed by atoms with Crippen molar-refractivity contribution in [1.82, 2.24) is 10.3 Å². The third-order valence-electron chi connectivity index (χ3n) is 2.79. The van der Waals surface area contributed by atoms with Crippen LogP contribution in [0.4, 0.5) is 0 Å². The van der Waals surface area contributed by atoms with Crippen molar-refractivity contribution in [2.75, 3.05) is 14.2 Å². The number of methoxy groups -OCH3 is 2. The molecule has 0 spiro atoms. The number of hydrogen-bond acceptors (Lipinski definition) is 5. The number of rotatable bonds is 7. The van der Waals surface area contributed by atoms with E-state index in [1.807, 2.05) is 13.8 Å². The second-order valence-corrected chi connectivity index (χ2v) is 4.43. The largest absolute Gasteiger partial charge is 0.493 e. The lowest BCUT2D eigenvalue weighted by atomic mass is 10.0. The van der Waals surface area contributed by atoms with E-state index in [0.717, 1.165) is 0 Å². The number of aromatic nitrogens is 1. The average Bonchev–Trinajstić information content (AvgIpc) is 2.37. The van der Waals surface area contributed by atoms with Crippen molar-refractivity contribution in [1.29, 1.82) is 0 Å². The van der Waals surface area contributed by atoms with Crippen molar-refractivity contribution in [3.8, 4) is 11.5 Å². The van der Waals surface area contributed by atoms with Crippen LogP contribution in [0.3, 0.4) is 0 Å². The number of nitrogens with zero attached hydrogens (tertiary/aromatic N) is 1. The first kappa shape index (κ1) is 15.2. The first-order valence-electron chi connectivity index (χ1n) is 6.03. The summed E-state index contributed by atoms with van der Waals surface area (Å²) in [7, 11) is 3.07. The predicted molar refractivity (Wildman–Crippen MR) is 70.4 cm³/mol. The molecule has 0 aliphatic rings. The Morgan fingerprint density at radius 1 is 1.42 bits per heavy atom. The van der Waals surface area contributed by atoms with Gasteiger partial charge in [-0.2, -0.15) is 0 Å². The molecule has 106 valence electrons. The van der Waals surface area contributed by atoms with E-state index in [1.165, 1.54) is 7.11 Å². The molecule has 0 aliphatic carbocycles. The SMILES string of the molecule is COc1ccnc(CNC(C(=O)O)C(C)C)c1OC. The topological polar surface area (TPSA) is 80.7 Å². The van der Waals surface area contributed by atoms with Crippen LogP contribution in [0.1, 0.15) is 19.5 Å². The first-order valence-corrected chi connectivity index (χ1v) is 6.03. The molecule has 0 saturated heterocycles. The molecular weight excluding hydrogens is 248 g/mol. The highest BCUT2D eigenvalue weighted by Crippen LogP contribution is 2.28. The number of carboxylic acids is 1. The average molecular weight is 268 g/mol. The molecule has 1 heterocycles. The zero-order chi connectivity index (χ0) is 14.4. The van der Waals surface area contributed by atoms with Gasteiger partial charge in [-0.3, -0.25) is 15.1 Å². The van der Waals surface area contributed by atoms with E-state index in [2.05, 4.69) is 10.3 Å². The van der Waals surface area contributed by atoms with Gasteiger partial charge < -0.3 is 14.6 Å². The summed E-state index contributed by atoms with van der Waals surface area (Å²) in [6.07, 6.45) is 1.60. The van der Waals surface area contributed by atoms with Gasteiger partial charge in [0.2, 0.25) is 0 Å². The van der Waals surface area contributed by atoms with E-state index >= 15 is 0 Å². The van der Waals surface area contributed by atoms with Crippen molar-refractivity contribution in [2.45, 2.75) is 26.4 Å². The highest BCUT2D eigenvalue weighted by Gasteiger charge is 2.21. The zero-order valence-electron chi connectivity index (χ0n) is 11.6. The Bertz CT molecular complexity index is 435. The summed E-state index contributed by atoms with van der Waals surface area (Å²) in [5, 5.41) is 12.1. The summed E-state index contributed by atoms with van der Waals surface area (Å²) in [6.45, 7) is 4.00. The maximum atomic E-state index is 11.1. The molecule has 0 saturated carbocycles. The lowest BCUT2D eigenvalue weighted by Gasteiger charge is -2.18. The molecule has 0 aromatic carbocycles. The third kappa shape index (κ3) is 3.82. The third-order valence-corrected chi connectivity index (χ3v) is 2.79. The molecule has 0 aliphatic heterocycles. The number of carbonyl (C=O) groups is 1. The van der Waals surface area contributed by atoms with E-state index in [4.69, 9.17) is 14.6 Å². The Balaban J connectivity index is 2.85. The molecule has 1 aromatic heterocycles. The van der Waals surface area contributed by atoms with Crippen LogP contribution in [0, 0.1) is 5.92 Å². The van der Waals surface area contributed by atoms with E-state index in [-0.39, 0.29) is 5.92 Å². The fourth-order valence-corrected chi connectivity index (χ4v) is 1.79. The van der Waals surface area contributed by atoms with Crippen LogP contribution in [0.2, 0.25) is 0 Å². The van der Waals surface area contributed by atoms with E-state index in [0.29, 0.717) is 23.7 Å². The first-order chi connectivity index (χ1) is 9.01. The second kappa shape index (κ2) is 6.94. The van der Waals surface area contributed by atoms with Crippen molar-refractivity contribution in [3.63, 3.8) is 0 Å². The molecule has 0 fully saturated rings. The zero-order valence-corrected chi connectivity index (χ0v) is 11.6. The summed E-state index contributed by atoms with van der Waals surface area (Å²) in [4.78, 5) is 15.3. The smallest absolute Gasteiger partial charge is 0.320 e. The molecule has 0 bridgehead atoms. The van der Waals surface area contributed by atoms with Gasteiger partial charge in [0.25, 0.3) is 0 Å². The van der Waals surface area contributed by atoms with Gasteiger partial charge in [-0.25, -0.2) is 0 Å². The van der Waals surface area contributed by atoms with Crippen LogP contribution >= 0.6 is 0 Å². The molecule has 0 amide bonds. The van der Waals surface area contributed by atoms with Gasteiger partial charge in [0, 0.05) is 18.8 Å². The normalized spacial score (nSPS) is 12.3. The Morgan fingerprint density at radius 2 is 2.11 bits per heavy atom. The maximum absolute atomic E-state index is 11.1.